The molecule has 3 aromatic heterocycles. The molecule has 0 radical (unpaired) electrons. The summed E-state index contributed by atoms with van der Waals surface area (Å²) in [5.41, 5.74) is 2.03. The third-order valence-corrected chi connectivity index (χ3v) is 4.38. The van der Waals surface area contributed by atoms with Crippen molar-refractivity contribution in [2.24, 2.45) is 0 Å². The van der Waals surface area contributed by atoms with Crippen molar-refractivity contribution in [2.45, 2.75) is 6.92 Å². The summed E-state index contributed by atoms with van der Waals surface area (Å²) in [7, 11) is 0. The number of carbonyl (C=O) groups excluding carboxylic acids is 2. The lowest BCUT2D eigenvalue weighted by Gasteiger charge is -2.03. The maximum absolute atomic E-state index is 11.7. The van der Waals surface area contributed by atoms with E-state index in [2.05, 4.69) is 20.3 Å². The normalized spacial score (nSPS) is 15.7. The molecule has 0 saturated carbocycles. The zero-order chi connectivity index (χ0) is 18.1. The van der Waals surface area contributed by atoms with Gasteiger partial charge in [-0.2, -0.15) is 0 Å². The second-order valence-electron chi connectivity index (χ2n) is 5.29. The molecule has 0 atom stereocenters. The molecule has 26 heavy (non-hydrogen) atoms. The third kappa shape index (κ3) is 3.04. The average Bonchev–Trinajstić information content (AvgIpc) is 3.18. The van der Waals surface area contributed by atoms with Crippen LogP contribution in [0, 0.1) is 0 Å². The Morgan fingerprint density at radius 1 is 1.23 bits per heavy atom. The monoisotopic (exact) mass is 368 g/mol. The Morgan fingerprint density at radius 3 is 2.73 bits per heavy atom. The Bertz CT molecular complexity index is 1040. The van der Waals surface area contributed by atoms with Crippen LogP contribution in [0.3, 0.4) is 0 Å². The number of fused-ring (bicyclic) bond motifs is 1. The maximum Gasteiger partial charge on any atom is 0.316 e. The molecule has 1 saturated heterocycles. The van der Waals surface area contributed by atoms with Gasteiger partial charge in [-0.3, -0.25) is 19.9 Å². The third-order valence-electron chi connectivity index (χ3n) is 3.57. The zero-order valence-corrected chi connectivity index (χ0v) is 14.4. The van der Waals surface area contributed by atoms with Crippen LogP contribution in [0.15, 0.2) is 40.2 Å². The van der Waals surface area contributed by atoms with E-state index in [4.69, 9.17) is 9.15 Å². The summed E-state index contributed by atoms with van der Waals surface area (Å²) in [6.45, 7) is 2.35. The van der Waals surface area contributed by atoms with Crippen LogP contribution in [-0.4, -0.2) is 32.7 Å². The lowest BCUT2D eigenvalue weighted by molar-refractivity contribution is -0.115. The van der Waals surface area contributed by atoms with Gasteiger partial charge in [-0.25, -0.2) is 9.97 Å². The van der Waals surface area contributed by atoms with Crippen molar-refractivity contribution in [2.75, 3.05) is 6.61 Å². The van der Waals surface area contributed by atoms with Crippen LogP contribution in [-0.2, 0) is 4.79 Å². The molecule has 0 bridgehead atoms. The Kier molecular flexibility index (Phi) is 4.13. The number of rotatable bonds is 4. The van der Waals surface area contributed by atoms with Crippen molar-refractivity contribution < 1.29 is 18.7 Å². The van der Waals surface area contributed by atoms with Gasteiger partial charge < -0.3 is 9.15 Å². The molecule has 0 unspecified atom stereocenters. The van der Waals surface area contributed by atoms with E-state index in [-0.39, 0.29) is 4.91 Å². The van der Waals surface area contributed by atoms with Crippen LogP contribution in [0.1, 0.15) is 12.7 Å². The summed E-state index contributed by atoms with van der Waals surface area (Å²) in [5.74, 6) is 0.0205. The van der Waals surface area contributed by atoms with Gasteiger partial charge in [-0.1, -0.05) is 0 Å². The number of nitrogens with zero attached hydrogens (tertiary/aromatic N) is 3. The summed E-state index contributed by atoms with van der Waals surface area (Å²) in [6.07, 6.45) is 8.11. The van der Waals surface area contributed by atoms with E-state index >= 15 is 0 Å². The van der Waals surface area contributed by atoms with E-state index in [1.165, 1.54) is 6.08 Å². The number of nitrogens with one attached hydrogen (secondary N) is 1. The first-order chi connectivity index (χ1) is 12.6. The highest BCUT2D eigenvalue weighted by molar-refractivity contribution is 8.18. The molecule has 9 heteroatoms. The highest BCUT2D eigenvalue weighted by atomic mass is 32.2. The molecular weight excluding hydrogens is 356 g/mol. The molecule has 130 valence electrons. The number of aromatic nitrogens is 3. The fourth-order valence-electron chi connectivity index (χ4n) is 2.47. The number of pyridine rings is 1. The van der Waals surface area contributed by atoms with Crippen LogP contribution in [0.25, 0.3) is 28.2 Å². The molecule has 3 aromatic rings. The smallest absolute Gasteiger partial charge is 0.316 e. The predicted molar refractivity (Wildman–Crippen MR) is 95.3 cm³/mol. The van der Waals surface area contributed by atoms with Gasteiger partial charge in [0.05, 0.1) is 11.5 Å². The molecule has 0 spiro atoms. The minimum Gasteiger partial charge on any atom is -0.464 e. The lowest BCUT2D eigenvalue weighted by atomic mass is 10.1. The molecule has 0 aliphatic carbocycles. The largest absolute Gasteiger partial charge is 0.464 e. The van der Waals surface area contributed by atoms with E-state index in [1.807, 2.05) is 6.92 Å². The average molecular weight is 368 g/mol. The summed E-state index contributed by atoms with van der Waals surface area (Å²) in [5, 5.41) is 2.57. The number of ether oxygens (including phenoxy) is 1. The Morgan fingerprint density at radius 2 is 2.04 bits per heavy atom. The van der Waals surface area contributed by atoms with Crippen molar-refractivity contribution in [1.82, 2.24) is 20.3 Å². The fraction of sp³-hybridized carbons (Fsp3) is 0.118. The SMILES string of the molecule is CCOc1ncc(-c2cncc3cc(/C=C4\SC(=O)NC4=O)oc23)cn1. The quantitative estimate of drug-likeness (QED) is 0.700. The first kappa shape index (κ1) is 16.3. The van der Waals surface area contributed by atoms with Crippen molar-refractivity contribution in [3.05, 3.63) is 41.5 Å². The number of imide groups is 1. The van der Waals surface area contributed by atoms with Gasteiger partial charge in [0.1, 0.15) is 11.3 Å². The van der Waals surface area contributed by atoms with Crippen LogP contribution < -0.4 is 10.1 Å². The zero-order valence-electron chi connectivity index (χ0n) is 13.6. The molecule has 4 rings (SSSR count). The molecule has 1 aliphatic rings. The van der Waals surface area contributed by atoms with E-state index in [0.29, 0.717) is 24.0 Å². The van der Waals surface area contributed by atoms with E-state index in [0.717, 1.165) is 28.3 Å². The Balaban J connectivity index is 1.73. The van der Waals surface area contributed by atoms with Gasteiger partial charge in [0.25, 0.3) is 11.1 Å². The van der Waals surface area contributed by atoms with Gasteiger partial charge in [0.15, 0.2) is 0 Å². The highest BCUT2D eigenvalue weighted by Gasteiger charge is 2.25. The van der Waals surface area contributed by atoms with Crippen LogP contribution in [0.2, 0.25) is 0 Å². The number of hydrogen-bond donors (Lipinski definition) is 1. The first-order valence-electron chi connectivity index (χ1n) is 7.71. The number of furan rings is 1. The van der Waals surface area contributed by atoms with E-state index in [1.54, 1.807) is 30.9 Å². The molecule has 2 amide bonds. The van der Waals surface area contributed by atoms with Gasteiger partial charge >= 0.3 is 6.01 Å². The topological polar surface area (TPSA) is 107 Å². The molecule has 1 fully saturated rings. The molecule has 1 aliphatic heterocycles. The Hall–Kier alpha value is -3.20. The Labute approximate surface area is 151 Å². The number of amides is 2. The van der Waals surface area contributed by atoms with Gasteiger partial charge in [0, 0.05) is 47.4 Å². The minimum atomic E-state index is -0.432. The van der Waals surface area contributed by atoms with Crippen molar-refractivity contribution in [1.29, 1.82) is 0 Å². The van der Waals surface area contributed by atoms with Crippen LogP contribution >= 0.6 is 11.8 Å². The summed E-state index contributed by atoms with van der Waals surface area (Å²) >= 11 is 0.837. The lowest BCUT2D eigenvalue weighted by Crippen LogP contribution is -2.17. The maximum atomic E-state index is 11.7. The van der Waals surface area contributed by atoms with E-state index < -0.39 is 11.1 Å². The molecule has 4 heterocycles. The molecule has 8 nitrogen and oxygen atoms in total. The second kappa shape index (κ2) is 6.60. The van der Waals surface area contributed by atoms with Crippen LogP contribution in [0.4, 0.5) is 4.79 Å². The summed E-state index contributed by atoms with van der Waals surface area (Å²) in [4.78, 5) is 35.7. The predicted octanol–water partition coefficient (Wildman–Crippen LogP) is 3.01. The fourth-order valence-corrected chi connectivity index (χ4v) is 3.13. The minimum absolute atomic E-state index is 0.285. The summed E-state index contributed by atoms with van der Waals surface area (Å²) < 4.78 is 11.1. The first-order valence-corrected chi connectivity index (χ1v) is 8.53. The number of hydrogen-bond acceptors (Lipinski definition) is 8. The van der Waals surface area contributed by atoms with Crippen molar-refractivity contribution in [3.63, 3.8) is 0 Å². The van der Waals surface area contributed by atoms with Crippen molar-refractivity contribution >= 4 is 40.0 Å². The standard InChI is InChI=1S/C17H12N4O4S/c1-2-24-16-19-6-10(7-20-16)12-8-18-5-9-3-11(25-14(9)12)4-13-15(22)21-17(23)26-13/h3-8H,2H2,1H3,(H,21,22,23)/b13-4-. The number of carbonyl (C=O) groups is 2. The highest BCUT2D eigenvalue weighted by Crippen LogP contribution is 2.32. The van der Waals surface area contributed by atoms with Crippen LogP contribution in [0.5, 0.6) is 6.01 Å². The number of thioether (sulfide) groups is 1. The van der Waals surface area contributed by atoms with E-state index in [9.17, 15) is 9.59 Å². The molecular formula is C17H12N4O4S. The molecule has 0 aromatic carbocycles. The molecule has 1 N–H and O–H groups in total. The second-order valence-corrected chi connectivity index (χ2v) is 6.31. The summed E-state index contributed by atoms with van der Waals surface area (Å²) in [6, 6.07) is 2.06. The van der Waals surface area contributed by atoms with Gasteiger partial charge in [-0.15, -0.1) is 0 Å². The van der Waals surface area contributed by atoms with Crippen molar-refractivity contribution in [3.8, 4) is 17.1 Å². The van der Waals surface area contributed by atoms with Gasteiger partial charge in [0.2, 0.25) is 0 Å². The van der Waals surface area contributed by atoms with Gasteiger partial charge in [-0.05, 0) is 24.8 Å².